The number of carbonyl (C=O) groups is 21. The molecule has 52 heteroatoms. The Bertz CT molecular complexity index is 5350. The van der Waals surface area contributed by atoms with Crippen LogP contribution >= 0.6 is 23.5 Å². The van der Waals surface area contributed by atoms with Gasteiger partial charge in [0.15, 0.2) is 11.6 Å². The molecule has 138 heavy (non-hydrogen) atoms. The van der Waals surface area contributed by atoms with Crippen LogP contribution in [0.25, 0.3) is 21.8 Å². The Morgan fingerprint density at radius 3 is 1.33 bits per heavy atom. The van der Waals surface area contributed by atoms with Crippen molar-refractivity contribution in [2.24, 2.45) is 47.0 Å². The first-order valence-electron chi connectivity index (χ1n) is 44.3. The van der Waals surface area contributed by atoms with Gasteiger partial charge in [-0.15, -0.1) is 23.5 Å². The number of Topliss-reactive ketones (excluding diaryl/α,β-unsaturated/α-hetero) is 2. The molecule has 10 rings (SSSR count). The van der Waals surface area contributed by atoms with Crippen molar-refractivity contribution >= 4 is 181 Å². The minimum absolute atomic E-state index is 0.0429. The molecule has 4 aromatic rings. The van der Waals surface area contributed by atoms with E-state index in [1.807, 2.05) is 0 Å². The third-order valence-electron chi connectivity index (χ3n) is 24.5. The van der Waals surface area contributed by atoms with Crippen molar-refractivity contribution in [3.8, 4) is 0 Å². The Hall–Kier alpha value is -13.1. The molecular formula is C86H115F3N20O27S2. The van der Waals surface area contributed by atoms with Crippen molar-refractivity contribution in [2.45, 2.75) is 221 Å². The Morgan fingerprint density at radius 2 is 0.928 bits per heavy atom. The molecule has 10 unspecified atom stereocenters. The van der Waals surface area contributed by atoms with Gasteiger partial charge in [0.25, 0.3) is 0 Å². The number of thioether (sulfide) groups is 2. The van der Waals surface area contributed by atoms with Crippen molar-refractivity contribution in [3.63, 3.8) is 0 Å². The second-order valence-electron chi connectivity index (χ2n) is 34.8. The summed E-state index contributed by atoms with van der Waals surface area (Å²) in [4.78, 5) is 295. The Morgan fingerprint density at radius 1 is 0.522 bits per heavy atom. The number of halogens is 3. The summed E-state index contributed by atoms with van der Waals surface area (Å²) in [7, 11) is 0. The summed E-state index contributed by atoms with van der Waals surface area (Å²) in [6.45, 7) is 6.30. The van der Waals surface area contributed by atoms with Gasteiger partial charge < -0.3 is 136 Å². The summed E-state index contributed by atoms with van der Waals surface area (Å²) in [6, 6.07) is -7.26. The fraction of sp³-hybridized carbons (Fsp3) is 0.570. The van der Waals surface area contributed by atoms with Crippen LogP contribution in [0.5, 0.6) is 0 Å². The number of ether oxygens (including phenoxy) is 2. The predicted molar refractivity (Wildman–Crippen MR) is 481 cm³/mol. The van der Waals surface area contributed by atoms with E-state index in [0.717, 1.165) is 59.3 Å². The van der Waals surface area contributed by atoms with E-state index in [9.17, 15) is 129 Å². The lowest BCUT2D eigenvalue weighted by molar-refractivity contribution is -0.167. The number of amides is 17. The number of aliphatic hydroxyl groups is 4. The third-order valence-corrected chi connectivity index (χ3v) is 26.8. The van der Waals surface area contributed by atoms with E-state index in [1.165, 1.54) is 19.9 Å². The van der Waals surface area contributed by atoms with E-state index >= 15 is 4.79 Å². The van der Waals surface area contributed by atoms with Crippen LogP contribution in [-0.4, -0.2) is 319 Å². The summed E-state index contributed by atoms with van der Waals surface area (Å²) in [5.74, 6) is -28.1. The third kappa shape index (κ3) is 28.8. The van der Waals surface area contributed by atoms with Crippen LogP contribution in [0, 0.1) is 35.5 Å². The molecule has 0 saturated carbocycles. The lowest BCUT2D eigenvalue weighted by Crippen LogP contribution is -2.60. The van der Waals surface area contributed by atoms with E-state index in [4.69, 9.17) is 26.7 Å². The number of nitrogens with one attached hydrogen (secondary N) is 15. The molecule has 754 valence electrons. The first-order chi connectivity index (χ1) is 65.0. The van der Waals surface area contributed by atoms with Crippen molar-refractivity contribution < 1.29 is 144 Å². The number of anilines is 2. The number of H-pyrrole nitrogens is 2. The van der Waals surface area contributed by atoms with E-state index in [1.54, 1.807) is 51.2 Å². The molecule has 6 aliphatic heterocycles. The number of hydrogen-bond donors (Lipinski definition) is 22. The second kappa shape index (κ2) is 48.3. The van der Waals surface area contributed by atoms with Crippen LogP contribution < -0.4 is 86.3 Å². The average molecular weight is 1980 g/mol. The lowest BCUT2D eigenvalue weighted by Gasteiger charge is -2.33. The largest absolute Gasteiger partial charge is 0.471 e. The standard InChI is InChI=1S/C46H59F3N10O15S.C40H56N10O12S/c1-6-19(2)37-42(70)52-14-35(65)54-30-18-75-43-27(26-8-7-24(11-28(26)56-43)53-45(72)46(47,48)49)9-23(39(67)51-15-36(66)57-37)10-32(63)38(20(3)33(74-22(5)61)17-73-21(4)60)58-41(69)31-12-25(62)16-59(31)44(71)29(13-34(50)64)55-40(30)68;1-4-17(2)33-38(61)44-12-31(56)45-26-16-63-39-23(22-6-5-20(41)9-24(22)47-39)7-19(35(58)43-13-32(57)48-33)8-28(53)34(18(3)29(54)15-51)49-37(60)27-10-21(52)14-50(27)40(62)25(11-30(42)55)46-36(26)59/h7-8,11,19-20,23,25,29-31,33,37-38,56,62H,6,9-10,12-18H2,1-5H3,(H2,50,64)(H,51,67)(H,52,70)(H,53,72)(H,54,65)(H,55,68)(H,57,66)(H,58,69);5-6,9,17-19,21,25-27,29,33-34,47,51-52,54H,4,7-8,10-16,41H2,1-3H3,(H2,42,55)(H,43,58)(H,44,61)(H,45,56)(H,46,59)(H,48,57)(H,49,60)/t19-,20?,23?,25?,29?,30?,31-,33-,37-,38-;17-,18?,19?,21?,25?,26?,27-,29-,33-,34-/m00/s1. The van der Waals surface area contributed by atoms with Gasteiger partial charge in [0.1, 0.15) is 61.0 Å². The van der Waals surface area contributed by atoms with Crippen LogP contribution in [-0.2, 0) is 123 Å². The zero-order chi connectivity index (χ0) is 102. The van der Waals surface area contributed by atoms with Crippen LogP contribution in [0.3, 0.4) is 0 Å². The van der Waals surface area contributed by atoms with Gasteiger partial charge >= 0.3 is 24.0 Å². The maximum Gasteiger partial charge on any atom is 0.471 e. The predicted octanol–water partition coefficient (Wildman–Crippen LogP) is -5.88. The number of fused-ring (bicyclic) bond motifs is 10. The number of hydrogen-bond acceptors (Lipinski definition) is 30. The number of nitrogens with zero attached hydrogens (tertiary/aromatic N) is 2. The smallest absolute Gasteiger partial charge is 0.462 e. The monoisotopic (exact) mass is 1980 g/mol. The molecule has 0 spiro atoms. The molecule has 20 atom stereocenters. The topological polar surface area (TPSA) is 730 Å². The summed E-state index contributed by atoms with van der Waals surface area (Å²) in [5.41, 5.74) is 18.4. The van der Waals surface area contributed by atoms with Gasteiger partial charge in [0.2, 0.25) is 94.5 Å². The Labute approximate surface area is 794 Å². The molecule has 2 fully saturated rings. The van der Waals surface area contributed by atoms with Crippen molar-refractivity contribution in [1.29, 1.82) is 0 Å². The van der Waals surface area contributed by atoms with Gasteiger partial charge in [-0.1, -0.05) is 66.5 Å². The van der Waals surface area contributed by atoms with E-state index in [2.05, 4.69) is 73.8 Å². The number of primary amides is 2. The highest BCUT2D eigenvalue weighted by Crippen LogP contribution is 2.38. The maximum absolute atomic E-state index is 15.0. The van der Waals surface area contributed by atoms with Gasteiger partial charge in [-0.2, -0.15) is 13.2 Å². The number of benzene rings is 2. The number of ketones is 2. The van der Waals surface area contributed by atoms with Crippen LogP contribution in [0.2, 0.25) is 0 Å². The normalized spacial score (nSPS) is 26.3. The van der Waals surface area contributed by atoms with Gasteiger partial charge in [0.05, 0.1) is 86.1 Å². The number of rotatable bonds is 17. The molecule has 6 aliphatic rings. The van der Waals surface area contributed by atoms with Gasteiger partial charge in [-0.3, -0.25) is 101 Å². The van der Waals surface area contributed by atoms with Gasteiger partial charge in [-0.25, -0.2) is 0 Å². The van der Waals surface area contributed by atoms with Crippen molar-refractivity contribution in [2.75, 3.05) is 75.0 Å². The molecule has 2 aromatic heterocycles. The summed E-state index contributed by atoms with van der Waals surface area (Å²) in [5, 5.41) is 75.2. The van der Waals surface area contributed by atoms with E-state index in [-0.39, 0.29) is 45.8 Å². The molecule has 4 bridgehead atoms. The SMILES string of the molecule is CC[C@H](C)[C@@H]1NC(=O)CNC(=O)C2CC(=O)[C@H](C(C)[C@@H](O)CO)NC(=O)[C@@H]3CC(O)CN3C(=O)C(CC(N)=O)NC(=O)C(CSc3[nH]c4cc(N)ccc4c3C2)NC(=O)CNC1=O.CC[C@H](C)[C@@H]1NC(=O)CNC(=O)C2CC(=O)[C@H](C(C)[C@H](COC(C)=O)OC(C)=O)NC(=O)[C@@H]3CC(O)CN3C(=O)C(CC(N)=O)NC(=O)C(CSc3[nH]c4cc(NC(=O)C(F)(F)F)ccc4c3C2)NC(=O)CNC1=O. The minimum Gasteiger partial charge on any atom is -0.462 e. The highest BCUT2D eigenvalue weighted by atomic mass is 32.2. The van der Waals surface area contributed by atoms with E-state index in [0.29, 0.717) is 40.0 Å². The first-order valence-corrected chi connectivity index (χ1v) is 46.3. The maximum atomic E-state index is 15.0. The number of nitrogens with two attached hydrogens (primary N) is 3. The summed E-state index contributed by atoms with van der Waals surface area (Å²) in [6.07, 6.45) is -14.8. The lowest BCUT2D eigenvalue weighted by atomic mass is 9.85. The first kappa shape index (κ1) is 109. The summed E-state index contributed by atoms with van der Waals surface area (Å²) >= 11 is 1.81. The molecule has 2 saturated heterocycles. The quantitative estimate of drug-likeness (QED) is 0.0346. The molecule has 17 amide bonds. The highest BCUT2D eigenvalue weighted by Gasteiger charge is 2.49. The number of aliphatic hydroxyl groups excluding tert-OH is 4. The van der Waals surface area contributed by atoms with Gasteiger partial charge in [-0.05, 0) is 60.1 Å². The van der Waals surface area contributed by atoms with E-state index < -0.39 is 347 Å². The molecule has 8 heterocycles. The average Bonchev–Trinajstić information content (AvgIpc) is 1.62. The van der Waals surface area contributed by atoms with Crippen LogP contribution in [0.1, 0.15) is 118 Å². The summed E-state index contributed by atoms with van der Waals surface area (Å²) < 4.78 is 50.6. The Balaban J connectivity index is 0.000000314. The molecule has 2 aromatic carbocycles. The zero-order valence-corrected chi connectivity index (χ0v) is 78.0. The van der Waals surface area contributed by atoms with Crippen LogP contribution in [0.15, 0.2) is 46.5 Å². The molecule has 0 radical (unpaired) electrons. The number of esters is 2. The van der Waals surface area contributed by atoms with Crippen LogP contribution in [0.4, 0.5) is 24.5 Å². The number of aromatic nitrogens is 2. The minimum atomic E-state index is -5.29. The fourth-order valence-electron chi connectivity index (χ4n) is 16.6. The number of carbonyl (C=O) groups excluding carboxylic acids is 21. The molecular weight excluding hydrogens is 1870 g/mol. The zero-order valence-electron chi connectivity index (χ0n) is 76.4. The number of alkyl halides is 3. The number of aromatic amines is 2. The van der Waals surface area contributed by atoms with Gasteiger partial charge in [0, 0.05) is 121 Å². The second-order valence-corrected chi connectivity index (χ2v) is 36.8. The molecule has 47 nitrogen and oxygen atoms in total. The molecule has 25 N–H and O–H groups in total. The highest BCUT2D eigenvalue weighted by molar-refractivity contribution is 7.99. The van der Waals surface area contributed by atoms with Crippen molar-refractivity contribution in [1.82, 2.24) is 83.6 Å². The fourth-order valence-corrected chi connectivity index (χ4v) is 18.8. The number of nitrogen functional groups attached to an aromatic ring is 1. The van der Waals surface area contributed by atoms with Crippen molar-refractivity contribution in [3.05, 3.63) is 47.5 Å². The Kier molecular flexibility index (Phi) is 38.0. The molecule has 0 aliphatic carbocycles.